The Balaban J connectivity index is 2.81. The quantitative estimate of drug-likeness (QED) is 0.781. The zero-order valence-electron chi connectivity index (χ0n) is 13.0. The molecule has 1 atom stereocenters. The molecule has 0 radical (unpaired) electrons. The molecule has 3 nitrogen and oxygen atoms in total. The molecular formula is C16H28N2O. The third-order valence-corrected chi connectivity index (χ3v) is 3.74. The van der Waals surface area contributed by atoms with Gasteiger partial charge in [-0.2, -0.15) is 0 Å². The maximum Gasteiger partial charge on any atom is 0.123 e. The average Bonchev–Trinajstić information content (AvgIpc) is 2.44. The van der Waals surface area contributed by atoms with Gasteiger partial charge < -0.3 is 15.0 Å². The topological polar surface area (TPSA) is 24.5 Å². The molecule has 1 rings (SSSR count). The standard InChI is InChI=1S/C16H28N2O/c1-6-18(7-2)11-10-15(17-4)14-12-13(3)8-9-16(14)19-5/h8-9,12,15,17H,6-7,10-11H2,1-5H3. The lowest BCUT2D eigenvalue weighted by atomic mass is 10.00. The zero-order chi connectivity index (χ0) is 14.3. The number of aryl methyl sites for hydroxylation is 1. The second-order valence-electron chi connectivity index (χ2n) is 4.90. The Morgan fingerprint density at radius 3 is 2.47 bits per heavy atom. The molecule has 1 aromatic carbocycles. The predicted molar refractivity (Wildman–Crippen MR) is 81.9 cm³/mol. The maximum atomic E-state index is 5.49. The van der Waals surface area contributed by atoms with Crippen LogP contribution >= 0.6 is 0 Å². The van der Waals surface area contributed by atoms with Crippen LogP contribution in [0.5, 0.6) is 5.75 Å². The Hall–Kier alpha value is -1.06. The average molecular weight is 264 g/mol. The molecule has 0 amide bonds. The van der Waals surface area contributed by atoms with Crippen LogP contribution in [0.25, 0.3) is 0 Å². The summed E-state index contributed by atoms with van der Waals surface area (Å²) in [5.74, 6) is 0.976. The van der Waals surface area contributed by atoms with Crippen molar-refractivity contribution < 1.29 is 4.74 Å². The molecule has 0 aromatic heterocycles. The van der Waals surface area contributed by atoms with E-state index in [9.17, 15) is 0 Å². The van der Waals surface area contributed by atoms with Crippen molar-refractivity contribution in [2.24, 2.45) is 0 Å². The largest absolute Gasteiger partial charge is 0.496 e. The molecule has 3 heteroatoms. The van der Waals surface area contributed by atoms with Crippen LogP contribution in [0.3, 0.4) is 0 Å². The van der Waals surface area contributed by atoms with E-state index in [0.29, 0.717) is 6.04 Å². The fourth-order valence-corrected chi connectivity index (χ4v) is 2.43. The normalized spacial score (nSPS) is 12.7. The molecule has 0 aliphatic carbocycles. The van der Waals surface area contributed by atoms with Gasteiger partial charge in [0.15, 0.2) is 0 Å². The van der Waals surface area contributed by atoms with E-state index in [1.54, 1.807) is 7.11 Å². The van der Waals surface area contributed by atoms with Crippen LogP contribution in [-0.2, 0) is 0 Å². The molecule has 0 fully saturated rings. The van der Waals surface area contributed by atoms with Gasteiger partial charge in [-0.3, -0.25) is 0 Å². The molecule has 0 heterocycles. The predicted octanol–water partition coefficient (Wildman–Crippen LogP) is 3.00. The van der Waals surface area contributed by atoms with Gasteiger partial charge in [0, 0.05) is 11.6 Å². The number of benzene rings is 1. The molecule has 1 aromatic rings. The second-order valence-corrected chi connectivity index (χ2v) is 4.90. The minimum Gasteiger partial charge on any atom is -0.496 e. The van der Waals surface area contributed by atoms with E-state index in [1.165, 1.54) is 11.1 Å². The van der Waals surface area contributed by atoms with Gasteiger partial charge in [-0.25, -0.2) is 0 Å². The van der Waals surface area contributed by atoms with Gasteiger partial charge in [0.25, 0.3) is 0 Å². The SMILES string of the molecule is CCN(CC)CCC(NC)c1cc(C)ccc1OC. The van der Waals surface area contributed by atoms with Crippen molar-refractivity contribution >= 4 is 0 Å². The van der Waals surface area contributed by atoms with E-state index in [-0.39, 0.29) is 0 Å². The van der Waals surface area contributed by atoms with Crippen molar-refractivity contribution in [2.45, 2.75) is 33.2 Å². The smallest absolute Gasteiger partial charge is 0.123 e. The van der Waals surface area contributed by atoms with E-state index in [0.717, 1.165) is 31.8 Å². The highest BCUT2D eigenvalue weighted by Crippen LogP contribution is 2.28. The first-order chi connectivity index (χ1) is 9.15. The molecule has 1 N–H and O–H groups in total. The van der Waals surface area contributed by atoms with Gasteiger partial charge in [0.2, 0.25) is 0 Å². The van der Waals surface area contributed by atoms with Gasteiger partial charge in [-0.05, 0) is 46.1 Å². The molecule has 0 bridgehead atoms. The first kappa shape index (κ1) is 16.0. The summed E-state index contributed by atoms with van der Waals surface area (Å²) in [7, 11) is 3.76. The van der Waals surface area contributed by atoms with Crippen molar-refractivity contribution in [1.82, 2.24) is 10.2 Å². The van der Waals surface area contributed by atoms with E-state index in [1.807, 2.05) is 7.05 Å². The highest BCUT2D eigenvalue weighted by Gasteiger charge is 2.15. The molecule has 19 heavy (non-hydrogen) atoms. The summed E-state index contributed by atoms with van der Waals surface area (Å²) in [4.78, 5) is 2.45. The van der Waals surface area contributed by atoms with E-state index in [2.05, 4.69) is 49.2 Å². The third-order valence-electron chi connectivity index (χ3n) is 3.74. The Labute approximate surface area is 118 Å². The lowest BCUT2D eigenvalue weighted by Gasteiger charge is -2.24. The minimum atomic E-state index is 0.343. The fraction of sp³-hybridized carbons (Fsp3) is 0.625. The Morgan fingerprint density at radius 2 is 1.95 bits per heavy atom. The number of nitrogens with one attached hydrogen (secondary N) is 1. The lowest BCUT2D eigenvalue weighted by molar-refractivity contribution is 0.282. The Morgan fingerprint density at radius 1 is 1.26 bits per heavy atom. The van der Waals surface area contributed by atoms with Crippen LogP contribution in [0.15, 0.2) is 18.2 Å². The van der Waals surface area contributed by atoms with Gasteiger partial charge in [0.1, 0.15) is 5.75 Å². The first-order valence-corrected chi connectivity index (χ1v) is 7.20. The fourth-order valence-electron chi connectivity index (χ4n) is 2.43. The van der Waals surface area contributed by atoms with Crippen molar-refractivity contribution in [3.8, 4) is 5.75 Å². The van der Waals surface area contributed by atoms with E-state index in [4.69, 9.17) is 4.74 Å². The molecular weight excluding hydrogens is 236 g/mol. The van der Waals surface area contributed by atoms with Gasteiger partial charge >= 0.3 is 0 Å². The summed E-state index contributed by atoms with van der Waals surface area (Å²) < 4.78 is 5.49. The first-order valence-electron chi connectivity index (χ1n) is 7.20. The molecule has 0 saturated heterocycles. The summed E-state index contributed by atoms with van der Waals surface area (Å²) in [6.07, 6.45) is 1.10. The van der Waals surface area contributed by atoms with Crippen LogP contribution in [0.4, 0.5) is 0 Å². The van der Waals surface area contributed by atoms with Gasteiger partial charge in [-0.15, -0.1) is 0 Å². The number of nitrogens with zero attached hydrogens (tertiary/aromatic N) is 1. The Kier molecular flexibility index (Phi) is 6.89. The molecule has 0 aliphatic heterocycles. The molecule has 0 aliphatic rings. The monoisotopic (exact) mass is 264 g/mol. The number of ether oxygens (including phenoxy) is 1. The van der Waals surface area contributed by atoms with Crippen LogP contribution in [0, 0.1) is 6.92 Å². The minimum absolute atomic E-state index is 0.343. The van der Waals surface area contributed by atoms with E-state index < -0.39 is 0 Å². The lowest BCUT2D eigenvalue weighted by Crippen LogP contribution is -2.28. The van der Waals surface area contributed by atoms with Crippen molar-refractivity contribution in [2.75, 3.05) is 33.8 Å². The summed E-state index contributed by atoms with van der Waals surface area (Å²) in [5, 5.41) is 3.42. The number of hydrogen-bond acceptors (Lipinski definition) is 3. The van der Waals surface area contributed by atoms with Gasteiger partial charge in [-0.1, -0.05) is 31.5 Å². The summed E-state index contributed by atoms with van der Waals surface area (Å²) in [5.41, 5.74) is 2.54. The molecule has 108 valence electrons. The molecule has 0 spiro atoms. The van der Waals surface area contributed by atoms with Crippen LogP contribution < -0.4 is 10.1 Å². The number of methoxy groups -OCH3 is 1. The van der Waals surface area contributed by atoms with Crippen LogP contribution in [0.2, 0.25) is 0 Å². The Bertz CT molecular complexity index is 375. The van der Waals surface area contributed by atoms with Crippen molar-refractivity contribution in [3.05, 3.63) is 29.3 Å². The summed E-state index contributed by atoms with van der Waals surface area (Å²) >= 11 is 0. The van der Waals surface area contributed by atoms with Gasteiger partial charge in [0.05, 0.1) is 7.11 Å². The molecule has 0 saturated carbocycles. The highest BCUT2D eigenvalue weighted by atomic mass is 16.5. The highest BCUT2D eigenvalue weighted by molar-refractivity contribution is 5.39. The van der Waals surface area contributed by atoms with Crippen molar-refractivity contribution in [3.63, 3.8) is 0 Å². The number of hydrogen-bond donors (Lipinski definition) is 1. The molecule has 1 unspecified atom stereocenters. The van der Waals surface area contributed by atoms with E-state index >= 15 is 0 Å². The summed E-state index contributed by atoms with van der Waals surface area (Å²) in [6, 6.07) is 6.73. The van der Waals surface area contributed by atoms with Crippen LogP contribution in [0.1, 0.15) is 37.4 Å². The van der Waals surface area contributed by atoms with Crippen molar-refractivity contribution in [1.29, 1.82) is 0 Å². The van der Waals surface area contributed by atoms with Crippen LogP contribution in [-0.4, -0.2) is 38.7 Å². The number of rotatable bonds is 8. The zero-order valence-corrected chi connectivity index (χ0v) is 13.0. The third kappa shape index (κ3) is 4.51. The second kappa shape index (κ2) is 8.18. The summed E-state index contributed by atoms with van der Waals surface area (Å²) in [6.45, 7) is 9.88. The maximum absolute atomic E-state index is 5.49.